The van der Waals surface area contributed by atoms with E-state index in [-0.39, 0.29) is 11.8 Å². The lowest BCUT2D eigenvalue weighted by Gasteiger charge is -2.16. The maximum Gasteiger partial charge on any atom is 0.223 e. The number of hydrogen-bond acceptors (Lipinski definition) is 2. The molecule has 3 nitrogen and oxygen atoms in total. The van der Waals surface area contributed by atoms with E-state index in [0.29, 0.717) is 19.0 Å². The van der Waals surface area contributed by atoms with E-state index < -0.39 is 0 Å². The first-order chi connectivity index (χ1) is 8.72. The average Bonchev–Trinajstić information content (AvgIpc) is 2.82. The number of rotatable bonds is 4. The third-order valence-electron chi connectivity index (χ3n) is 3.99. The molecule has 2 rings (SSSR count). The van der Waals surface area contributed by atoms with Crippen LogP contribution in [0.5, 0.6) is 0 Å². The summed E-state index contributed by atoms with van der Waals surface area (Å²) in [6, 6.07) is 8.01. The van der Waals surface area contributed by atoms with Gasteiger partial charge in [0.25, 0.3) is 0 Å². The quantitative estimate of drug-likeness (QED) is 0.855. The SMILES string of the molecule is CC1CCCC1C(=O)NCc1ccccc1CN. The third kappa shape index (κ3) is 2.91. The van der Waals surface area contributed by atoms with Gasteiger partial charge in [-0.3, -0.25) is 4.79 Å². The smallest absolute Gasteiger partial charge is 0.223 e. The Labute approximate surface area is 109 Å². The zero-order valence-electron chi connectivity index (χ0n) is 11.0. The standard InChI is InChI=1S/C15H22N2O/c1-11-5-4-8-14(11)15(18)17-10-13-7-3-2-6-12(13)9-16/h2-3,6-7,11,14H,4-5,8-10,16H2,1H3,(H,17,18). The minimum absolute atomic E-state index is 0.201. The second-order valence-corrected chi connectivity index (χ2v) is 5.21. The normalized spacial score (nSPS) is 23.0. The summed E-state index contributed by atoms with van der Waals surface area (Å²) in [5, 5.41) is 3.05. The van der Waals surface area contributed by atoms with Crippen molar-refractivity contribution in [2.24, 2.45) is 17.6 Å². The van der Waals surface area contributed by atoms with Crippen LogP contribution in [0.3, 0.4) is 0 Å². The summed E-state index contributed by atoms with van der Waals surface area (Å²) >= 11 is 0. The monoisotopic (exact) mass is 246 g/mol. The Bertz CT molecular complexity index is 417. The molecule has 98 valence electrons. The third-order valence-corrected chi connectivity index (χ3v) is 3.99. The fourth-order valence-corrected chi connectivity index (χ4v) is 2.78. The number of benzene rings is 1. The van der Waals surface area contributed by atoms with Gasteiger partial charge in [0.1, 0.15) is 0 Å². The molecule has 0 aromatic heterocycles. The molecular formula is C15H22N2O. The Morgan fingerprint density at radius 1 is 1.33 bits per heavy atom. The molecule has 1 fully saturated rings. The van der Waals surface area contributed by atoms with Crippen molar-refractivity contribution in [2.45, 2.75) is 39.3 Å². The van der Waals surface area contributed by atoms with Crippen LogP contribution in [-0.2, 0) is 17.9 Å². The molecule has 0 heterocycles. The van der Waals surface area contributed by atoms with Crippen molar-refractivity contribution in [1.29, 1.82) is 0 Å². The maximum absolute atomic E-state index is 12.1. The highest BCUT2D eigenvalue weighted by molar-refractivity contribution is 5.79. The van der Waals surface area contributed by atoms with Crippen molar-refractivity contribution in [3.8, 4) is 0 Å². The fraction of sp³-hybridized carbons (Fsp3) is 0.533. The summed E-state index contributed by atoms with van der Waals surface area (Å²) in [5.74, 6) is 0.927. The zero-order chi connectivity index (χ0) is 13.0. The highest BCUT2D eigenvalue weighted by Gasteiger charge is 2.29. The predicted molar refractivity (Wildman–Crippen MR) is 72.7 cm³/mol. The number of carbonyl (C=O) groups is 1. The average molecular weight is 246 g/mol. The van der Waals surface area contributed by atoms with E-state index in [9.17, 15) is 4.79 Å². The van der Waals surface area contributed by atoms with Gasteiger partial charge in [-0.2, -0.15) is 0 Å². The van der Waals surface area contributed by atoms with Crippen LogP contribution in [0.1, 0.15) is 37.3 Å². The van der Waals surface area contributed by atoms with Crippen LogP contribution in [0.15, 0.2) is 24.3 Å². The molecule has 3 N–H and O–H groups in total. The Kier molecular flexibility index (Phi) is 4.37. The molecule has 2 atom stereocenters. The molecule has 0 radical (unpaired) electrons. The largest absolute Gasteiger partial charge is 0.352 e. The van der Waals surface area contributed by atoms with E-state index >= 15 is 0 Å². The summed E-state index contributed by atoms with van der Waals surface area (Å²) in [6.45, 7) is 3.28. The van der Waals surface area contributed by atoms with Gasteiger partial charge in [0, 0.05) is 19.0 Å². The van der Waals surface area contributed by atoms with E-state index in [1.807, 2.05) is 24.3 Å². The lowest BCUT2D eigenvalue weighted by molar-refractivity contribution is -0.126. The van der Waals surface area contributed by atoms with Gasteiger partial charge >= 0.3 is 0 Å². The number of nitrogens with one attached hydrogen (secondary N) is 1. The lowest BCUT2D eigenvalue weighted by atomic mass is 9.97. The van der Waals surface area contributed by atoms with Crippen LogP contribution >= 0.6 is 0 Å². The van der Waals surface area contributed by atoms with Crippen molar-refractivity contribution in [1.82, 2.24) is 5.32 Å². The van der Waals surface area contributed by atoms with Gasteiger partial charge in [-0.25, -0.2) is 0 Å². The first-order valence-electron chi connectivity index (χ1n) is 6.77. The van der Waals surface area contributed by atoms with Gasteiger partial charge in [0.2, 0.25) is 5.91 Å². The first kappa shape index (κ1) is 13.1. The molecule has 1 amide bonds. The molecule has 2 unspecified atom stereocenters. The van der Waals surface area contributed by atoms with E-state index in [2.05, 4.69) is 12.2 Å². The van der Waals surface area contributed by atoms with Crippen molar-refractivity contribution < 1.29 is 4.79 Å². The van der Waals surface area contributed by atoms with Crippen molar-refractivity contribution >= 4 is 5.91 Å². The highest BCUT2D eigenvalue weighted by Crippen LogP contribution is 2.31. The van der Waals surface area contributed by atoms with E-state index in [0.717, 1.165) is 17.5 Å². The predicted octanol–water partition coefficient (Wildman–Crippen LogP) is 2.20. The molecule has 0 aliphatic heterocycles. The van der Waals surface area contributed by atoms with Gasteiger partial charge < -0.3 is 11.1 Å². The molecule has 1 aliphatic rings. The van der Waals surface area contributed by atoms with Gasteiger partial charge in [-0.15, -0.1) is 0 Å². The number of hydrogen-bond donors (Lipinski definition) is 2. The number of carbonyl (C=O) groups excluding carboxylic acids is 1. The minimum Gasteiger partial charge on any atom is -0.352 e. The van der Waals surface area contributed by atoms with E-state index in [1.54, 1.807) is 0 Å². The van der Waals surface area contributed by atoms with Crippen LogP contribution in [0.25, 0.3) is 0 Å². The van der Waals surface area contributed by atoms with Crippen LogP contribution < -0.4 is 11.1 Å². The summed E-state index contributed by atoms with van der Waals surface area (Å²) < 4.78 is 0. The highest BCUT2D eigenvalue weighted by atomic mass is 16.1. The summed E-state index contributed by atoms with van der Waals surface area (Å²) in [7, 11) is 0. The number of amides is 1. The molecule has 1 aliphatic carbocycles. The van der Waals surface area contributed by atoms with Gasteiger partial charge in [0.15, 0.2) is 0 Å². The Balaban J connectivity index is 1.93. The lowest BCUT2D eigenvalue weighted by Crippen LogP contribution is -2.31. The fourth-order valence-electron chi connectivity index (χ4n) is 2.78. The van der Waals surface area contributed by atoms with E-state index in [1.165, 1.54) is 12.8 Å². The molecule has 0 bridgehead atoms. The van der Waals surface area contributed by atoms with E-state index in [4.69, 9.17) is 5.73 Å². The minimum atomic E-state index is 0.201. The van der Waals surface area contributed by atoms with Crippen molar-refractivity contribution in [3.05, 3.63) is 35.4 Å². The molecule has 3 heteroatoms. The summed E-state index contributed by atoms with van der Waals surface area (Å²) in [4.78, 5) is 12.1. The Morgan fingerprint density at radius 2 is 2.06 bits per heavy atom. The van der Waals surface area contributed by atoms with Crippen LogP contribution in [0, 0.1) is 11.8 Å². The summed E-state index contributed by atoms with van der Waals surface area (Å²) in [5.41, 5.74) is 7.92. The molecule has 1 saturated carbocycles. The first-order valence-corrected chi connectivity index (χ1v) is 6.77. The van der Waals surface area contributed by atoms with Crippen molar-refractivity contribution in [2.75, 3.05) is 0 Å². The van der Waals surface area contributed by atoms with Gasteiger partial charge in [-0.1, -0.05) is 37.6 Å². The second-order valence-electron chi connectivity index (χ2n) is 5.21. The van der Waals surface area contributed by atoms with Crippen LogP contribution in [0.4, 0.5) is 0 Å². The maximum atomic E-state index is 12.1. The molecule has 0 spiro atoms. The molecule has 18 heavy (non-hydrogen) atoms. The summed E-state index contributed by atoms with van der Waals surface area (Å²) in [6.07, 6.45) is 3.39. The molecule has 0 saturated heterocycles. The molecular weight excluding hydrogens is 224 g/mol. The Hall–Kier alpha value is -1.35. The topological polar surface area (TPSA) is 55.1 Å². The molecule has 1 aromatic rings. The van der Waals surface area contributed by atoms with Gasteiger partial charge in [0.05, 0.1) is 0 Å². The Morgan fingerprint density at radius 3 is 2.67 bits per heavy atom. The zero-order valence-corrected chi connectivity index (χ0v) is 11.0. The van der Waals surface area contributed by atoms with Crippen LogP contribution in [-0.4, -0.2) is 5.91 Å². The van der Waals surface area contributed by atoms with Gasteiger partial charge in [-0.05, 0) is 29.9 Å². The second kappa shape index (κ2) is 6.01. The van der Waals surface area contributed by atoms with Crippen LogP contribution in [0.2, 0.25) is 0 Å². The molecule has 1 aromatic carbocycles. The number of nitrogens with two attached hydrogens (primary N) is 1. The van der Waals surface area contributed by atoms with Crippen molar-refractivity contribution in [3.63, 3.8) is 0 Å².